The highest BCUT2D eigenvalue weighted by molar-refractivity contribution is 5.85. The average Bonchev–Trinajstić information content (AvgIpc) is 3.62. The smallest absolute Gasteiger partial charge is 0.223 e. The van der Waals surface area contributed by atoms with Crippen LogP contribution in [0.2, 0.25) is 0 Å². The summed E-state index contributed by atoms with van der Waals surface area (Å²) in [5, 5.41) is 12.4. The number of nitrogens with zero attached hydrogens (tertiary/aromatic N) is 6. The van der Waals surface area contributed by atoms with Crippen LogP contribution in [0.15, 0.2) is 55.0 Å². The van der Waals surface area contributed by atoms with Gasteiger partial charge in [0.2, 0.25) is 5.91 Å². The first-order valence-corrected chi connectivity index (χ1v) is 11.3. The molecule has 1 saturated carbocycles. The molecule has 5 rings (SSSR count). The van der Waals surface area contributed by atoms with Crippen molar-refractivity contribution >= 4 is 41.0 Å². The molecule has 1 N–H and O–H groups in total. The molecule has 0 unspecified atom stereocenters. The minimum atomic E-state index is 0. The Hall–Kier alpha value is -3.96. The van der Waals surface area contributed by atoms with Crippen molar-refractivity contribution in [2.24, 2.45) is 0 Å². The highest BCUT2D eigenvalue weighted by Crippen LogP contribution is 2.42. The molecule has 1 aromatic carbocycles. The third-order valence-corrected chi connectivity index (χ3v) is 6.02. The fraction of sp³-hybridized carbons (Fsp3) is 0.269. The Bertz CT molecular complexity index is 1420. The van der Waals surface area contributed by atoms with Gasteiger partial charge in [-0.2, -0.15) is 5.26 Å². The summed E-state index contributed by atoms with van der Waals surface area (Å²) in [5.74, 6) is 1.92. The number of anilines is 2. The second-order valence-electron chi connectivity index (χ2n) is 8.79. The number of fused-ring (bicyclic) bond motifs is 1. The quantitative estimate of drug-likeness (QED) is 0.398. The van der Waals surface area contributed by atoms with Crippen LogP contribution in [0.25, 0.3) is 22.3 Å². The van der Waals surface area contributed by atoms with E-state index in [0.717, 1.165) is 22.3 Å². The minimum Gasteiger partial charge on any atom is -0.349 e. The summed E-state index contributed by atoms with van der Waals surface area (Å²) in [6.07, 6.45) is 6.17. The zero-order chi connectivity index (χ0) is 23.7. The van der Waals surface area contributed by atoms with Crippen LogP contribution in [0.4, 0.5) is 11.6 Å². The van der Waals surface area contributed by atoms with Crippen molar-refractivity contribution in [3.8, 4) is 17.3 Å². The topological polar surface area (TPSA) is 99.7 Å². The number of rotatable bonds is 7. The highest BCUT2D eigenvalue weighted by atomic mass is 35.5. The molecule has 3 heterocycles. The molecule has 4 aromatic rings. The van der Waals surface area contributed by atoms with Gasteiger partial charge in [0, 0.05) is 38.8 Å². The van der Waals surface area contributed by atoms with E-state index in [1.165, 1.54) is 18.4 Å². The molecule has 0 saturated heterocycles. The fourth-order valence-corrected chi connectivity index (χ4v) is 3.95. The normalized spacial score (nSPS) is 12.6. The number of hydrogen-bond donors (Lipinski definition) is 1. The maximum absolute atomic E-state index is 12.0. The lowest BCUT2D eigenvalue weighted by Gasteiger charge is -2.12. The molecule has 9 heteroatoms. The minimum absolute atomic E-state index is 0. The Balaban J connectivity index is 0.00000289. The van der Waals surface area contributed by atoms with E-state index in [9.17, 15) is 10.1 Å². The molecule has 0 aliphatic heterocycles. The number of nitrogens with one attached hydrogen (secondary N) is 1. The summed E-state index contributed by atoms with van der Waals surface area (Å²) in [6.45, 7) is 0.570. The zero-order valence-electron chi connectivity index (χ0n) is 19.6. The van der Waals surface area contributed by atoms with Crippen molar-refractivity contribution in [3.05, 3.63) is 66.1 Å². The molecule has 1 aliphatic rings. The van der Waals surface area contributed by atoms with E-state index in [1.54, 1.807) is 43.7 Å². The molecule has 8 nitrogen and oxygen atoms in total. The summed E-state index contributed by atoms with van der Waals surface area (Å²) in [5.41, 5.74) is 5.49. The SMILES string of the molecule is CN(C)C(=O)CCn1cnc2ccc(-c3cc(C4CC4)cc(Nc4cc(C#N)ccn4)n3)cc21.Cl. The van der Waals surface area contributed by atoms with Crippen LogP contribution in [-0.2, 0) is 11.3 Å². The first-order valence-electron chi connectivity index (χ1n) is 11.3. The van der Waals surface area contributed by atoms with E-state index in [1.807, 2.05) is 16.7 Å². The standard InChI is InChI=1S/C26H25N7O.ClH/c1-32(2)26(34)8-10-33-16-29-21-6-5-19(13-23(21)33)22-12-20(18-3-4-18)14-25(30-22)31-24-11-17(15-27)7-9-28-24;/h5-7,9,11-14,16,18H,3-4,8,10H2,1-2H3,(H,28,30,31);1H. The number of halogens is 1. The Kier molecular flexibility index (Phi) is 6.99. The number of carbonyl (C=O) groups is 1. The Morgan fingerprint density at radius 2 is 1.97 bits per heavy atom. The van der Waals surface area contributed by atoms with Crippen molar-refractivity contribution in [1.82, 2.24) is 24.4 Å². The van der Waals surface area contributed by atoms with Crippen LogP contribution < -0.4 is 5.32 Å². The van der Waals surface area contributed by atoms with Crippen molar-refractivity contribution in [2.75, 3.05) is 19.4 Å². The molecule has 0 atom stereocenters. The van der Waals surface area contributed by atoms with Crippen LogP contribution in [0.1, 0.15) is 36.3 Å². The van der Waals surface area contributed by atoms with Gasteiger partial charge in [-0.05, 0) is 60.7 Å². The van der Waals surface area contributed by atoms with E-state index in [4.69, 9.17) is 4.98 Å². The highest BCUT2D eigenvalue weighted by Gasteiger charge is 2.25. The van der Waals surface area contributed by atoms with Crippen LogP contribution in [-0.4, -0.2) is 44.4 Å². The number of aromatic nitrogens is 4. The number of hydrogen-bond acceptors (Lipinski definition) is 6. The van der Waals surface area contributed by atoms with E-state index in [-0.39, 0.29) is 18.3 Å². The molecular formula is C26H26ClN7O. The van der Waals surface area contributed by atoms with Gasteiger partial charge in [0.05, 0.1) is 34.7 Å². The lowest BCUT2D eigenvalue weighted by molar-refractivity contribution is -0.128. The molecule has 0 radical (unpaired) electrons. The molecule has 1 fully saturated rings. The van der Waals surface area contributed by atoms with Gasteiger partial charge in [0.1, 0.15) is 11.6 Å². The maximum atomic E-state index is 12.0. The lowest BCUT2D eigenvalue weighted by atomic mass is 10.1. The molecule has 178 valence electrons. The predicted molar refractivity (Wildman–Crippen MR) is 138 cm³/mol. The first kappa shape index (κ1) is 24.2. The maximum Gasteiger partial charge on any atom is 0.223 e. The summed E-state index contributed by atoms with van der Waals surface area (Å²) in [7, 11) is 3.53. The zero-order valence-corrected chi connectivity index (χ0v) is 20.4. The number of pyridine rings is 2. The van der Waals surface area contributed by atoms with E-state index < -0.39 is 0 Å². The van der Waals surface area contributed by atoms with Crippen molar-refractivity contribution in [3.63, 3.8) is 0 Å². The van der Waals surface area contributed by atoms with Crippen molar-refractivity contribution in [2.45, 2.75) is 31.7 Å². The molecule has 0 spiro atoms. The van der Waals surface area contributed by atoms with Gasteiger partial charge < -0.3 is 14.8 Å². The number of imidazole rings is 1. The summed E-state index contributed by atoms with van der Waals surface area (Å²) in [6, 6.07) is 15.9. The molecule has 0 bridgehead atoms. The van der Waals surface area contributed by atoms with Gasteiger partial charge in [-0.1, -0.05) is 6.07 Å². The number of amides is 1. The number of carbonyl (C=O) groups excluding carboxylic acids is 1. The monoisotopic (exact) mass is 487 g/mol. The Morgan fingerprint density at radius 3 is 2.71 bits per heavy atom. The molecule has 3 aromatic heterocycles. The molecule has 35 heavy (non-hydrogen) atoms. The van der Waals surface area contributed by atoms with E-state index in [2.05, 4.69) is 39.6 Å². The average molecular weight is 488 g/mol. The van der Waals surface area contributed by atoms with E-state index in [0.29, 0.717) is 36.1 Å². The third-order valence-electron chi connectivity index (χ3n) is 6.02. The van der Waals surface area contributed by atoms with Crippen molar-refractivity contribution < 1.29 is 4.79 Å². The summed E-state index contributed by atoms with van der Waals surface area (Å²) < 4.78 is 2.02. The van der Waals surface area contributed by atoms with Gasteiger partial charge in [-0.25, -0.2) is 15.0 Å². The van der Waals surface area contributed by atoms with Gasteiger partial charge in [0.25, 0.3) is 0 Å². The van der Waals surface area contributed by atoms with Gasteiger partial charge in [-0.15, -0.1) is 12.4 Å². The third kappa shape index (κ3) is 5.42. The Labute approximate surface area is 210 Å². The van der Waals surface area contributed by atoms with Crippen LogP contribution in [0.3, 0.4) is 0 Å². The Morgan fingerprint density at radius 1 is 1.14 bits per heavy atom. The molecule has 1 aliphatic carbocycles. The van der Waals surface area contributed by atoms with Crippen LogP contribution >= 0.6 is 12.4 Å². The number of nitriles is 1. The lowest BCUT2D eigenvalue weighted by Crippen LogP contribution is -2.22. The van der Waals surface area contributed by atoms with Gasteiger partial charge >= 0.3 is 0 Å². The number of benzene rings is 1. The largest absolute Gasteiger partial charge is 0.349 e. The predicted octanol–water partition coefficient (Wildman–Crippen LogP) is 4.89. The summed E-state index contributed by atoms with van der Waals surface area (Å²) >= 11 is 0. The van der Waals surface area contributed by atoms with E-state index >= 15 is 0 Å². The van der Waals surface area contributed by atoms with Gasteiger partial charge in [-0.3, -0.25) is 4.79 Å². The van der Waals surface area contributed by atoms with Gasteiger partial charge in [0.15, 0.2) is 0 Å². The molecule has 1 amide bonds. The second kappa shape index (κ2) is 10.1. The number of aryl methyl sites for hydroxylation is 1. The van der Waals surface area contributed by atoms with Crippen LogP contribution in [0.5, 0.6) is 0 Å². The first-order chi connectivity index (χ1) is 16.5. The molecular weight excluding hydrogens is 462 g/mol. The summed E-state index contributed by atoms with van der Waals surface area (Å²) in [4.78, 5) is 27.3. The van der Waals surface area contributed by atoms with Crippen molar-refractivity contribution in [1.29, 1.82) is 5.26 Å². The fourth-order valence-electron chi connectivity index (χ4n) is 3.95. The van der Waals surface area contributed by atoms with Crippen LogP contribution in [0, 0.1) is 11.3 Å². The second-order valence-corrected chi connectivity index (χ2v) is 8.79.